The lowest BCUT2D eigenvalue weighted by atomic mass is 9.94. The molecule has 2 aromatic rings. The van der Waals surface area contributed by atoms with E-state index in [1.54, 1.807) is 4.90 Å². The number of amides is 2. The van der Waals surface area contributed by atoms with Crippen molar-refractivity contribution >= 4 is 23.3 Å². The number of pyridine rings is 1. The highest BCUT2D eigenvalue weighted by atomic mass is 19.4. The van der Waals surface area contributed by atoms with E-state index in [0.717, 1.165) is 12.3 Å². The number of carbonyl (C=O) groups is 2. The number of aryl methyl sites for hydroxylation is 1. The summed E-state index contributed by atoms with van der Waals surface area (Å²) in [5, 5.41) is 2.93. The molecule has 4 rings (SSSR count). The normalized spacial score (nSPS) is 18.6. The van der Waals surface area contributed by atoms with E-state index in [1.807, 2.05) is 32.7 Å². The van der Waals surface area contributed by atoms with Crippen LogP contribution in [0.5, 0.6) is 0 Å². The largest absolute Gasteiger partial charge is 0.433 e. The van der Waals surface area contributed by atoms with Crippen LogP contribution in [0.4, 0.5) is 24.7 Å². The lowest BCUT2D eigenvalue weighted by Gasteiger charge is -2.40. The molecule has 0 aromatic carbocycles. The number of likely N-dealkylation sites (tertiary alicyclic amines) is 1. The summed E-state index contributed by atoms with van der Waals surface area (Å²) in [6.45, 7) is 6.88. The third kappa shape index (κ3) is 4.69. The molecule has 0 unspecified atom stereocenters. The van der Waals surface area contributed by atoms with Crippen LogP contribution >= 0.6 is 0 Å². The zero-order valence-electron chi connectivity index (χ0n) is 19.5. The van der Waals surface area contributed by atoms with Gasteiger partial charge < -0.3 is 15.1 Å². The molecule has 1 N–H and O–H groups in total. The maximum atomic E-state index is 12.6. The number of alkyl halides is 3. The van der Waals surface area contributed by atoms with Crippen molar-refractivity contribution in [3.8, 4) is 0 Å². The summed E-state index contributed by atoms with van der Waals surface area (Å²) in [5.41, 5.74) is 0.797. The molecule has 4 heterocycles. The van der Waals surface area contributed by atoms with Gasteiger partial charge in [-0.1, -0.05) is 19.9 Å². The van der Waals surface area contributed by atoms with E-state index in [0.29, 0.717) is 48.1 Å². The Hall–Kier alpha value is -3.24. The molecule has 0 aliphatic carbocycles. The van der Waals surface area contributed by atoms with Crippen LogP contribution in [0.1, 0.15) is 36.6 Å². The lowest BCUT2D eigenvalue weighted by Crippen LogP contribution is -2.51. The van der Waals surface area contributed by atoms with Gasteiger partial charge in [-0.05, 0) is 24.5 Å². The van der Waals surface area contributed by atoms with Crippen LogP contribution in [-0.2, 0) is 28.6 Å². The van der Waals surface area contributed by atoms with Gasteiger partial charge in [0.25, 0.3) is 0 Å². The van der Waals surface area contributed by atoms with Crippen molar-refractivity contribution in [2.24, 2.45) is 11.8 Å². The summed E-state index contributed by atoms with van der Waals surface area (Å²) in [7, 11) is 1.86. The molecule has 2 aliphatic heterocycles. The first-order chi connectivity index (χ1) is 15.9. The highest BCUT2D eigenvalue weighted by Crippen LogP contribution is 2.34. The number of likely N-dealkylation sites (N-methyl/N-ethyl adjacent to an activating group) is 1. The third-order valence-electron chi connectivity index (χ3n) is 6.27. The van der Waals surface area contributed by atoms with Crippen LogP contribution in [0.15, 0.2) is 18.3 Å². The molecule has 8 nitrogen and oxygen atoms in total. The van der Waals surface area contributed by atoms with Gasteiger partial charge in [0.05, 0.1) is 12.1 Å². The molecule has 11 heteroatoms. The smallest absolute Gasteiger partial charge is 0.346 e. The summed E-state index contributed by atoms with van der Waals surface area (Å²) in [6, 6.07) is 1.86. The van der Waals surface area contributed by atoms with Crippen molar-refractivity contribution in [1.29, 1.82) is 0 Å². The number of rotatable bonds is 5. The first kappa shape index (κ1) is 23.9. The van der Waals surface area contributed by atoms with Gasteiger partial charge in [0.1, 0.15) is 23.2 Å². The summed E-state index contributed by atoms with van der Waals surface area (Å²) >= 11 is 0. The van der Waals surface area contributed by atoms with Gasteiger partial charge in [0.15, 0.2) is 5.82 Å². The second kappa shape index (κ2) is 8.84. The van der Waals surface area contributed by atoms with Crippen LogP contribution in [0.3, 0.4) is 0 Å². The fourth-order valence-electron chi connectivity index (χ4n) is 4.51. The number of anilines is 2. The maximum Gasteiger partial charge on any atom is 0.433 e. The highest BCUT2D eigenvalue weighted by Gasteiger charge is 2.37. The topological polar surface area (TPSA) is 91.3 Å². The second-order valence-corrected chi connectivity index (χ2v) is 9.31. The Morgan fingerprint density at radius 2 is 1.94 bits per heavy atom. The van der Waals surface area contributed by atoms with Crippen LogP contribution in [0.25, 0.3) is 0 Å². The van der Waals surface area contributed by atoms with Gasteiger partial charge in [0.2, 0.25) is 11.8 Å². The molecule has 0 saturated carbocycles. The van der Waals surface area contributed by atoms with Gasteiger partial charge in [-0.2, -0.15) is 13.2 Å². The van der Waals surface area contributed by atoms with E-state index in [-0.39, 0.29) is 36.1 Å². The average Bonchev–Trinajstić information content (AvgIpc) is 2.70. The van der Waals surface area contributed by atoms with Crippen molar-refractivity contribution in [2.45, 2.75) is 45.8 Å². The molecule has 0 spiro atoms. The number of hydrogen-bond acceptors (Lipinski definition) is 6. The predicted molar refractivity (Wildman–Crippen MR) is 119 cm³/mol. The number of carbonyl (C=O) groups excluding carboxylic acids is 2. The van der Waals surface area contributed by atoms with Crippen molar-refractivity contribution in [3.63, 3.8) is 0 Å². The third-order valence-corrected chi connectivity index (χ3v) is 6.27. The van der Waals surface area contributed by atoms with E-state index >= 15 is 0 Å². The quantitative estimate of drug-likeness (QED) is 0.714. The minimum atomic E-state index is -4.50. The number of halogens is 3. The van der Waals surface area contributed by atoms with Gasteiger partial charge in [-0.15, -0.1) is 0 Å². The van der Waals surface area contributed by atoms with Crippen LogP contribution in [-0.4, -0.2) is 57.8 Å². The van der Waals surface area contributed by atoms with E-state index in [2.05, 4.69) is 15.3 Å². The Balaban J connectivity index is 1.36. The summed E-state index contributed by atoms with van der Waals surface area (Å²) in [6.07, 6.45) is -2.80. The first-order valence-electron chi connectivity index (χ1n) is 11.1. The van der Waals surface area contributed by atoms with Gasteiger partial charge >= 0.3 is 6.18 Å². The zero-order valence-corrected chi connectivity index (χ0v) is 19.5. The van der Waals surface area contributed by atoms with Crippen molar-refractivity contribution < 1.29 is 22.8 Å². The second-order valence-electron chi connectivity index (χ2n) is 9.31. The molecule has 2 aliphatic rings. The summed E-state index contributed by atoms with van der Waals surface area (Å²) in [4.78, 5) is 41.2. The van der Waals surface area contributed by atoms with Gasteiger partial charge in [0, 0.05) is 38.7 Å². The molecule has 1 fully saturated rings. The summed E-state index contributed by atoms with van der Waals surface area (Å²) < 4.78 is 37.9. The van der Waals surface area contributed by atoms with E-state index < -0.39 is 11.9 Å². The molecular weight excluding hydrogens is 449 g/mol. The van der Waals surface area contributed by atoms with Gasteiger partial charge in [-0.25, -0.2) is 9.97 Å². The molecule has 34 heavy (non-hydrogen) atoms. The number of aromatic nitrogens is 3. The number of nitrogens with one attached hydrogen (secondary N) is 1. The minimum Gasteiger partial charge on any atom is -0.346 e. The van der Waals surface area contributed by atoms with E-state index in [9.17, 15) is 22.8 Å². The van der Waals surface area contributed by atoms with Crippen molar-refractivity contribution in [2.75, 3.05) is 30.4 Å². The van der Waals surface area contributed by atoms with Crippen molar-refractivity contribution in [3.05, 3.63) is 41.1 Å². The Bertz CT molecular complexity index is 1100. The van der Waals surface area contributed by atoms with Crippen LogP contribution in [0, 0.1) is 18.8 Å². The fraction of sp³-hybridized carbons (Fsp3) is 0.522. The molecule has 2 amide bonds. The molecular formula is C23H27F3N6O2. The van der Waals surface area contributed by atoms with Crippen LogP contribution < -0.4 is 10.2 Å². The van der Waals surface area contributed by atoms with Crippen LogP contribution in [0.2, 0.25) is 0 Å². The van der Waals surface area contributed by atoms with E-state index in [4.69, 9.17) is 4.98 Å². The van der Waals surface area contributed by atoms with Crippen molar-refractivity contribution in [1.82, 2.24) is 19.9 Å². The standard InChI is InChI=1S/C23H27F3N6O2/c1-12(2)20-22(34)30-19-13(3)28-17(29-21(19)31(20)4)7-15-10-32(11-15)18(33)8-14-5-6-16(27-9-14)23(24,25)26/h5-6,9,12,15,20H,7-8,10-11H2,1-4H3,(H,30,34)/t20-/m0/s1. The molecule has 1 saturated heterocycles. The van der Waals surface area contributed by atoms with Gasteiger partial charge in [-0.3, -0.25) is 14.6 Å². The number of fused-ring (bicyclic) bond motifs is 1. The molecule has 2 aromatic heterocycles. The molecule has 0 radical (unpaired) electrons. The number of nitrogens with zero attached hydrogens (tertiary/aromatic N) is 5. The monoisotopic (exact) mass is 476 g/mol. The Morgan fingerprint density at radius 3 is 2.53 bits per heavy atom. The zero-order chi connectivity index (χ0) is 24.8. The van der Waals surface area contributed by atoms with E-state index in [1.165, 1.54) is 6.07 Å². The molecule has 182 valence electrons. The first-order valence-corrected chi connectivity index (χ1v) is 11.1. The molecule has 0 bridgehead atoms. The minimum absolute atomic E-state index is 0.00734. The predicted octanol–water partition coefficient (Wildman–Crippen LogP) is 2.86. The number of hydrogen-bond donors (Lipinski definition) is 1. The Morgan fingerprint density at radius 1 is 1.24 bits per heavy atom. The lowest BCUT2D eigenvalue weighted by molar-refractivity contribution is -0.141. The SMILES string of the molecule is Cc1nc(CC2CN(C(=O)Cc3ccc(C(F)(F)F)nc3)C2)nc2c1NC(=O)[C@H](C(C)C)N2C. The average molecular weight is 477 g/mol. The highest BCUT2D eigenvalue weighted by molar-refractivity contribution is 6.03. The summed E-state index contributed by atoms with van der Waals surface area (Å²) in [5.74, 6) is 1.44. The fourth-order valence-corrected chi connectivity index (χ4v) is 4.51. The Labute approximate surface area is 195 Å². The molecule has 1 atom stereocenters. The maximum absolute atomic E-state index is 12.6. The Kier molecular flexibility index (Phi) is 6.22.